The van der Waals surface area contributed by atoms with Gasteiger partial charge in [0.25, 0.3) is 5.91 Å². The van der Waals surface area contributed by atoms with Crippen molar-refractivity contribution in [3.63, 3.8) is 0 Å². The van der Waals surface area contributed by atoms with E-state index in [9.17, 15) is 4.79 Å². The Morgan fingerprint density at radius 3 is 2.79 bits per heavy atom. The number of imidazole rings is 1. The molecule has 2 aromatic heterocycles. The fourth-order valence-corrected chi connectivity index (χ4v) is 1.83. The molecule has 0 saturated heterocycles. The third-order valence-corrected chi connectivity index (χ3v) is 2.94. The highest BCUT2D eigenvalue weighted by molar-refractivity contribution is 9.10. The molecular formula is C12H8BrN5O. The van der Waals surface area contributed by atoms with Gasteiger partial charge in [-0.15, -0.1) is 0 Å². The smallest absolute Gasteiger partial charge is 0.258 e. The minimum absolute atomic E-state index is 0.262. The lowest BCUT2D eigenvalue weighted by molar-refractivity contribution is 0.102. The quantitative estimate of drug-likeness (QED) is 0.760. The predicted octanol–water partition coefficient (Wildman–Crippen LogP) is 2.37. The van der Waals surface area contributed by atoms with Crippen LogP contribution < -0.4 is 5.32 Å². The van der Waals surface area contributed by atoms with Crippen LogP contribution in [0.3, 0.4) is 0 Å². The monoisotopic (exact) mass is 317 g/mol. The first-order valence-electron chi connectivity index (χ1n) is 5.44. The highest BCUT2D eigenvalue weighted by Gasteiger charge is 2.09. The Balaban J connectivity index is 1.84. The second-order valence-corrected chi connectivity index (χ2v) is 4.73. The van der Waals surface area contributed by atoms with Gasteiger partial charge in [-0.2, -0.15) is 0 Å². The number of hydrogen-bond donors (Lipinski definition) is 2. The summed E-state index contributed by atoms with van der Waals surface area (Å²) in [5, 5.41) is 2.63. The molecule has 0 radical (unpaired) electrons. The van der Waals surface area contributed by atoms with Gasteiger partial charge in [-0.3, -0.25) is 10.1 Å². The molecule has 1 aromatic carbocycles. The number of nitrogens with one attached hydrogen (secondary N) is 2. The van der Waals surface area contributed by atoms with Crippen molar-refractivity contribution in [3.8, 4) is 0 Å². The molecule has 0 unspecified atom stereocenters. The predicted molar refractivity (Wildman–Crippen MR) is 73.8 cm³/mol. The zero-order valence-electron chi connectivity index (χ0n) is 9.59. The fourth-order valence-electron chi connectivity index (χ4n) is 1.63. The van der Waals surface area contributed by atoms with Crippen LogP contribution in [0.25, 0.3) is 11.0 Å². The van der Waals surface area contributed by atoms with Crippen LogP contribution in [0.2, 0.25) is 0 Å². The number of aromatic nitrogens is 4. The van der Waals surface area contributed by atoms with Gasteiger partial charge in [-0.1, -0.05) is 0 Å². The van der Waals surface area contributed by atoms with Crippen LogP contribution in [0.4, 0.5) is 5.95 Å². The van der Waals surface area contributed by atoms with Gasteiger partial charge in [0, 0.05) is 18.0 Å². The molecule has 0 saturated carbocycles. The van der Waals surface area contributed by atoms with E-state index in [1.165, 1.54) is 0 Å². The maximum absolute atomic E-state index is 12.0. The van der Waals surface area contributed by atoms with Gasteiger partial charge < -0.3 is 4.98 Å². The maximum atomic E-state index is 12.0. The average molecular weight is 318 g/mol. The first kappa shape index (κ1) is 11.8. The first-order chi connectivity index (χ1) is 9.22. The standard InChI is InChI=1S/C12H8BrN5O/c13-8-4-14-12(15-5-8)18-11(19)7-1-2-9-10(3-7)17-6-16-9/h1-6H,(H,16,17)(H,14,15,18,19). The van der Waals surface area contributed by atoms with Crippen LogP contribution in [0, 0.1) is 0 Å². The number of anilines is 1. The van der Waals surface area contributed by atoms with Crippen molar-refractivity contribution < 1.29 is 4.79 Å². The van der Waals surface area contributed by atoms with Gasteiger partial charge in [-0.05, 0) is 34.1 Å². The molecule has 0 aliphatic heterocycles. The van der Waals surface area contributed by atoms with E-state index in [0.29, 0.717) is 5.56 Å². The summed E-state index contributed by atoms with van der Waals surface area (Å²) >= 11 is 3.23. The SMILES string of the molecule is O=C(Nc1ncc(Br)cn1)c1ccc2nc[nH]c2c1. The molecule has 3 rings (SSSR count). The molecule has 2 N–H and O–H groups in total. The molecule has 19 heavy (non-hydrogen) atoms. The molecule has 0 spiro atoms. The zero-order chi connectivity index (χ0) is 13.2. The average Bonchev–Trinajstić information content (AvgIpc) is 2.88. The van der Waals surface area contributed by atoms with Crippen molar-refractivity contribution in [1.29, 1.82) is 0 Å². The van der Waals surface area contributed by atoms with E-state index < -0.39 is 0 Å². The van der Waals surface area contributed by atoms with Gasteiger partial charge in [-0.25, -0.2) is 15.0 Å². The van der Waals surface area contributed by atoms with Gasteiger partial charge >= 0.3 is 0 Å². The van der Waals surface area contributed by atoms with Crippen LogP contribution in [0.5, 0.6) is 0 Å². The Kier molecular flexibility index (Phi) is 2.96. The Bertz CT molecular complexity index is 737. The van der Waals surface area contributed by atoms with Gasteiger partial charge in [0.05, 0.1) is 21.8 Å². The van der Waals surface area contributed by atoms with Crippen LogP contribution in [0.15, 0.2) is 41.4 Å². The lowest BCUT2D eigenvalue weighted by atomic mass is 10.2. The van der Waals surface area contributed by atoms with Gasteiger partial charge in [0.2, 0.25) is 5.95 Å². The lowest BCUT2D eigenvalue weighted by Gasteiger charge is -2.03. The molecule has 2 heterocycles. The van der Waals surface area contributed by atoms with E-state index in [4.69, 9.17) is 0 Å². The van der Waals surface area contributed by atoms with E-state index >= 15 is 0 Å². The Hall–Kier alpha value is -2.28. The van der Waals surface area contributed by atoms with Crippen molar-refractivity contribution in [2.75, 3.05) is 5.32 Å². The van der Waals surface area contributed by atoms with Gasteiger partial charge in [0.1, 0.15) is 0 Å². The Morgan fingerprint density at radius 1 is 1.21 bits per heavy atom. The molecule has 0 aliphatic rings. The normalized spacial score (nSPS) is 10.6. The number of carbonyl (C=O) groups is 1. The second-order valence-electron chi connectivity index (χ2n) is 3.81. The first-order valence-corrected chi connectivity index (χ1v) is 6.24. The second kappa shape index (κ2) is 4.77. The fraction of sp³-hybridized carbons (Fsp3) is 0. The molecule has 94 valence electrons. The van der Waals surface area contributed by atoms with E-state index in [1.807, 2.05) is 0 Å². The number of aromatic amines is 1. The highest BCUT2D eigenvalue weighted by atomic mass is 79.9. The summed E-state index contributed by atoms with van der Waals surface area (Å²) < 4.78 is 0.754. The van der Waals surface area contributed by atoms with Crippen molar-refractivity contribution in [2.45, 2.75) is 0 Å². The highest BCUT2D eigenvalue weighted by Crippen LogP contribution is 2.13. The van der Waals surface area contributed by atoms with Crippen molar-refractivity contribution >= 4 is 38.8 Å². The van der Waals surface area contributed by atoms with Gasteiger partial charge in [0.15, 0.2) is 0 Å². The molecule has 3 aromatic rings. The molecule has 6 nitrogen and oxygen atoms in total. The summed E-state index contributed by atoms with van der Waals surface area (Å²) in [7, 11) is 0. The van der Waals surface area contributed by atoms with E-state index in [0.717, 1.165) is 15.5 Å². The molecular weight excluding hydrogens is 310 g/mol. The number of H-pyrrole nitrogens is 1. The summed E-state index contributed by atoms with van der Waals surface area (Å²) in [6.45, 7) is 0. The molecule has 7 heteroatoms. The molecule has 0 aliphatic carbocycles. The number of amides is 1. The van der Waals surface area contributed by atoms with Crippen molar-refractivity contribution in [3.05, 3.63) is 47.0 Å². The summed E-state index contributed by atoms with van der Waals surface area (Å²) in [6, 6.07) is 5.22. The molecule has 0 fully saturated rings. The van der Waals surface area contributed by atoms with E-state index in [1.54, 1.807) is 36.9 Å². The summed E-state index contributed by atoms with van der Waals surface area (Å²) in [6.07, 6.45) is 4.73. The van der Waals surface area contributed by atoms with Crippen LogP contribution in [-0.4, -0.2) is 25.8 Å². The number of carbonyl (C=O) groups excluding carboxylic acids is 1. The van der Waals surface area contributed by atoms with Crippen LogP contribution in [0.1, 0.15) is 10.4 Å². The zero-order valence-corrected chi connectivity index (χ0v) is 11.2. The summed E-state index contributed by atoms with van der Waals surface area (Å²) in [5.74, 6) is -0.00303. The Labute approximate surface area is 116 Å². The van der Waals surface area contributed by atoms with E-state index in [-0.39, 0.29) is 11.9 Å². The third-order valence-electron chi connectivity index (χ3n) is 2.53. The molecule has 1 amide bonds. The number of benzene rings is 1. The summed E-state index contributed by atoms with van der Waals surface area (Å²) in [4.78, 5) is 27.1. The largest absolute Gasteiger partial charge is 0.345 e. The number of halogens is 1. The summed E-state index contributed by atoms with van der Waals surface area (Å²) in [5.41, 5.74) is 2.14. The van der Waals surface area contributed by atoms with Crippen molar-refractivity contribution in [1.82, 2.24) is 19.9 Å². The topological polar surface area (TPSA) is 83.6 Å². The minimum atomic E-state index is -0.265. The van der Waals surface area contributed by atoms with Crippen LogP contribution in [-0.2, 0) is 0 Å². The number of rotatable bonds is 2. The van der Waals surface area contributed by atoms with Crippen molar-refractivity contribution in [2.24, 2.45) is 0 Å². The molecule has 0 bridgehead atoms. The number of fused-ring (bicyclic) bond motifs is 1. The third kappa shape index (κ3) is 2.45. The van der Waals surface area contributed by atoms with E-state index in [2.05, 4.69) is 41.2 Å². The molecule has 0 atom stereocenters. The van der Waals surface area contributed by atoms with Crippen LogP contribution >= 0.6 is 15.9 Å². The Morgan fingerprint density at radius 2 is 2.00 bits per heavy atom. The minimum Gasteiger partial charge on any atom is -0.345 e. The number of hydrogen-bond acceptors (Lipinski definition) is 4. The maximum Gasteiger partial charge on any atom is 0.258 e. The number of nitrogens with zero attached hydrogens (tertiary/aromatic N) is 3. The lowest BCUT2D eigenvalue weighted by Crippen LogP contribution is -2.13.